The molecule has 0 aliphatic rings. The molecule has 1 atom stereocenters. The zero-order valence-corrected chi connectivity index (χ0v) is 11.6. The SMILES string of the molecule is Cc1ccc([C@@H](CC=O)CC(=O)c2ccccc2)cc1. The van der Waals surface area contributed by atoms with E-state index in [1.165, 1.54) is 5.56 Å². The summed E-state index contributed by atoms with van der Waals surface area (Å²) in [4.78, 5) is 23.1. The van der Waals surface area contributed by atoms with E-state index in [1.807, 2.05) is 61.5 Å². The Morgan fingerprint density at radius 3 is 2.30 bits per heavy atom. The van der Waals surface area contributed by atoms with Crippen LogP contribution in [0.2, 0.25) is 0 Å². The predicted octanol–water partition coefficient (Wildman–Crippen LogP) is 3.94. The minimum absolute atomic E-state index is 0.0409. The maximum atomic E-state index is 12.3. The van der Waals surface area contributed by atoms with Crippen LogP contribution in [-0.2, 0) is 4.79 Å². The van der Waals surface area contributed by atoms with Crippen LogP contribution in [0.1, 0.15) is 40.2 Å². The van der Waals surface area contributed by atoms with E-state index in [0.29, 0.717) is 18.4 Å². The topological polar surface area (TPSA) is 34.1 Å². The molecule has 2 heteroatoms. The summed E-state index contributed by atoms with van der Waals surface area (Å²) in [6.07, 6.45) is 1.64. The standard InChI is InChI=1S/C18H18O2/c1-14-7-9-15(10-8-14)17(11-12-19)13-18(20)16-5-3-2-4-6-16/h2-10,12,17H,11,13H2,1H3/t17-/m0/s1. The van der Waals surface area contributed by atoms with E-state index in [4.69, 9.17) is 0 Å². The Labute approximate surface area is 119 Å². The number of Topliss-reactive ketones (excluding diaryl/α,β-unsaturated/α-hetero) is 1. The second-order valence-electron chi connectivity index (χ2n) is 5.00. The van der Waals surface area contributed by atoms with Crippen LogP contribution in [0.4, 0.5) is 0 Å². The van der Waals surface area contributed by atoms with Gasteiger partial charge < -0.3 is 4.79 Å². The molecule has 0 aliphatic heterocycles. The van der Waals surface area contributed by atoms with Crippen LogP contribution < -0.4 is 0 Å². The first-order valence-electron chi connectivity index (χ1n) is 6.79. The number of rotatable bonds is 6. The van der Waals surface area contributed by atoms with Crippen molar-refractivity contribution >= 4 is 12.1 Å². The molecule has 0 N–H and O–H groups in total. The third-order valence-corrected chi connectivity index (χ3v) is 3.46. The quantitative estimate of drug-likeness (QED) is 0.586. The van der Waals surface area contributed by atoms with Crippen LogP contribution in [0.5, 0.6) is 0 Å². The Hall–Kier alpha value is -2.22. The van der Waals surface area contributed by atoms with Gasteiger partial charge in [0.05, 0.1) is 0 Å². The lowest BCUT2D eigenvalue weighted by atomic mass is 9.89. The van der Waals surface area contributed by atoms with Gasteiger partial charge >= 0.3 is 0 Å². The van der Waals surface area contributed by atoms with Crippen molar-refractivity contribution in [1.82, 2.24) is 0 Å². The zero-order valence-electron chi connectivity index (χ0n) is 11.6. The first-order chi connectivity index (χ1) is 9.70. The van der Waals surface area contributed by atoms with Crippen molar-refractivity contribution < 1.29 is 9.59 Å². The van der Waals surface area contributed by atoms with E-state index < -0.39 is 0 Å². The third kappa shape index (κ3) is 3.64. The van der Waals surface area contributed by atoms with Gasteiger partial charge in [-0.05, 0) is 18.4 Å². The van der Waals surface area contributed by atoms with Crippen LogP contribution in [0, 0.1) is 6.92 Å². The van der Waals surface area contributed by atoms with Gasteiger partial charge in [0.25, 0.3) is 0 Å². The van der Waals surface area contributed by atoms with E-state index in [1.54, 1.807) is 0 Å². The molecule has 0 aromatic heterocycles. The molecule has 2 nitrogen and oxygen atoms in total. The zero-order chi connectivity index (χ0) is 14.4. The van der Waals surface area contributed by atoms with Crippen molar-refractivity contribution in [2.24, 2.45) is 0 Å². The van der Waals surface area contributed by atoms with Crippen LogP contribution >= 0.6 is 0 Å². The fourth-order valence-electron chi connectivity index (χ4n) is 2.26. The van der Waals surface area contributed by atoms with Crippen molar-refractivity contribution in [1.29, 1.82) is 0 Å². The fraction of sp³-hybridized carbons (Fsp3) is 0.222. The van der Waals surface area contributed by atoms with Crippen molar-refractivity contribution in [3.63, 3.8) is 0 Å². The Bertz CT molecular complexity index is 570. The average Bonchev–Trinajstić information content (AvgIpc) is 2.48. The predicted molar refractivity (Wildman–Crippen MR) is 80.0 cm³/mol. The molecule has 0 aliphatic carbocycles. The molecule has 2 aromatic rings. The van der Waals surface area contributed by atoms with Crippen LogP contribution in [0.15, 0.2) is 54.6 Å². The monoisotopic (exact) mass is 266 g/mol. The molecule has 2 rings (SSSR count). The summed E-state index contributed by atoms with van der Waals surface area (Å²) in [6, 6.07) is 17.3. The number of carbonyl (C=O) groups excluding carboxylic acids is 2. The second kappa shape index (κ2) is 6.80. The van der Waals surface area contributed by atoms with Gasteiger partial charge in [-0.1, -0.05) is 60.2 Å². The van der Waals surface area contributed by atoms with E-state index in [0.717, 1.165) is 11.8 Å². The van der Waals surface area contributed by atoms with Gasteiger partial charge in [-0.15, -0.1) is 0 Å². The molecule has 0 bridgehead atoms. The molecule has 0 spiro atoms. The molecule has 0 saturated heterocycles. The van der Waals surface area contributed by atoms with Crippen molar-refractivity contribution in [2.45, 2.75) is 25.7 Å². The van der Waals surface area contributed by atoms with Gasteiger partial charge in [0.2, 0.25) is 0 Å². The highest BCUT2D eigenvalue weighted by Gasteiger charge is 2.16. The van der Waals surface area contributed by atoms with Crippen molar-refractivity contribution in [3.8, 4) is 0 Å². The summed E-state index contributed by atoms with van der Waals surface area (Å²) in [5.74, 6) is 0.0406. The summed E-state index contributed by atoms with van der Waals surface area (Å²) in [5, 5.41) is 0. The van der Waals surface area contributed by atoms with Crippen LogP contribution in [-0.4, -0.2) is 12.1 Å². The van der Waals surface area contributed by atoms with E-state index in [9.17, 15) is 9.59 Å². The van der Waals surface area contributed by atoms with Gasteiger partial charge in [0.15, 0.2) is 5.78 Å². The first-order valence-corrected chi connectivity index (χ1v) is 6.79. The molecule has 20 heavy (non-hydrogen) atoms. The normalized spacial score (nSPS) is 11.8. The lowest BCUT2D eigenvalue weighted by molar-refractivity contribution is -0.108. The number of carbonyl (C=O) groups is 2. The number of benzene rings is 2. The first kappa shape index (κ1) is 14.2. The van der Waals surface area contributed by atoms with E-state index in [-0.39, 0.29) is 11.7 Å². The number of hydrogen-bond donors (Lipinski definition) is 0. The lowest BCUT2D eigenvalue weighted by Gasteiger charge is -2.14. The molecule has 0 heterocycles. The number of hydrogen-bond acceptors (Lipinski definition) is 2. The Kier molecular flexibility index (Phi) is 4.83. The van der Waals surface area contributed by atoms with Crippen LogP contribution in [0.25, 0.3) is 0 Å². The number of aryl methyl sites for hydroxylation is 1. The lowest BCUT2D eigenvalue weighted by Crippen LogP contribution is -2.08. The second-order valence-corrected chi connectivity index (χ2v) is 5.00. The molecule has 0 radical (unpaired) electrons. The molecule has 0 amide bonds. The number of aldehydes is 1. The molecular formula is C18H18O2. The third-order valence-electron chi connectivity index (χ3n) is 3.46. The van der Waals surface area contributed by atoms with Crippen LogP contribution in [0.3, 0.4) is 0 Å². The fourth-order valence-corrected chi connectivity index (χ4v) is 2.26. The molecule has 0 unspecified atom stereocenters. The maximum absolute atomic E-state index is 12.3. The van der Waals surface area contributed by atoms with Gasteiger partial charge in [-0.2, -0.15) is 0 Å². The van der Waals surface area contributed by atoms with Gasteiger partial charge in [0, 0.05) is 18.4 Å². The summed E-state index contributed by atoms with van der Waals surface area (Å²) in [7, 11) is 0. The highest BCUT2D eigenvalue weighted by molar-refractivity contribution is 5.96. The molecule has 0 fully saturated rings. The Morgan fingerprint density at radius 2 is 1.70 bits per heavy atom. The van der Waals surface area contributed by atoms with Gasteiger partial charge in [-0.25, -0.2) is 0 Å². The van der Waals surface area contributed by atoms with Crippen molar-refractivity contribution in [2.75, 3.05) is 0 Å². The number of ketones is 1. The molecular weight excluding hydrogens is 248 g/mol. The molecule has 0 saturated carbocycles. The van der Waals surface area contributed by atoms with E-state index in [2.05, 4.69) is 0 Å². The minimum Gasteiger partial charge on any atom is -0.303 e. The summed E-state index contributed by atoms with van der Waals surface area (Å²) in [5.41, 5.74) is 2.93. The maximum Gasteiger partial charge on any atom is 0.163 e. The highest BCUT2D eigenvalue weighted by Crippen LogP contribution is 2.24. The van der Waals surface area contributed by atoms with Crippen molar-refractivity contribution in [3.05, 3.63) is 71.3 Å². The van der Waals surface area contributed by atoms with Gasteiger partial charge in [-0.3, -0.25) is 4.79 Å². The Balaban J connectivity index is 2.15. The summed E-state index contributed by atoms with van der Waals surface area (Å²) in [6.45, 7) is 2.02. The molecule has 102 valence electrons. The average molecular weight is 266 g/mol. The smallest absolute Gasteiger partial charge is 0.163 e. The van der Waals surface area contributed by atoms with E-state index >= 15 is 0 Å². The largest absolute Gasteiger partial charge is 0.303 e. The summed E-state index contributed by atoms with van der Waals surface area (Å²) < 4.78 is 0. The van der Waals surface area contributed by atoms with Gasteiger partial charge in [0.1, 0.15) is 6.29 Å². The molecule has 2 aromatic carbocycles. The Morgan fingerprint density at radius 1 is 1.05 bits per heavy atom. The summed E-state index contributed by atoms with van der Waals surface area (Å²) >= 11 is 0. The highest BCUT2D eigenvalue weighted by atomic mass is 16.1. The minimum atomic E-state index is -0.0409.